The minimum Gasteiger partial charge on any atom is -0.310 e. The summed E-state index contributed by atoms with van der Waals surface area (Å²) in [4.78, 5) is 4.78. The Morgan fingerprint density at radius 3 is 1.15 bits per heavy atom. The van der Waals surface area contributed by atoms with Crippen LogP contribution in [0.5, 0.6) is 0 Å². The second-order valence-electron chi connectivity index (χ2n) is 17.7. The van der Waals surface area contributed by atoms with E-state index in [1.165, 1.54) is 61.3 Å². The molecule has 8 aromatic rings. The molecule has 0 amide bonds. The number of nitrogens with zero attached hydrogens (tertiary/aromatic N) is 2. The van der Waals surface area contributed by atoms with Crippen LogP contribution >= 0.6 is 0 Å². The van der Waals surface area contributed by atoms with Crippen LogP contribution in [0.15, 0.2) is 182 Å². The fraction of sp³-hybridized carbons (Fsp3) is 0.138. The van der Waals surface area contributed by atoms with E-state index in [1.807, 2.05) is 0 Å². The van der Waals surface area contributed by atoms with E-state index >= 15 is 0 Å². The van der Waals surface area contributed by atoms with Crippen LogP contribution in [-0.4, -0.2) is 0 Å². The maximum Gasteiger partial charge on any atom is 0.0466 e. The van der Waals surface area contributed by atoms with Gasteiger partial charge in [-0.2, -0.15) is 0 Å². The van der Waals surface area contributed by atoms with Crippen LogP contribution in [0.2, 0.25) is 0 Å². The van der Waals surface area contributed by atoms with Crippen molar-refractivity contribution in [3.8, 4) is 22.3 Å². The molecule has 2 nitrogen and oxygen atoms in total. The molecule has 0 saturated carbocycles. The monoisotopic (exact) mass is 774 g/mol. The van der Waals surface area contributed by atoms with Gasteiger partial charge in [0.25, 0.3) is 0 Å². The second-order valence-corrected chi connectivity index (χ2v) is 17.7. The number of hydrogen-bond acceptors (Lipinski definition) is 2. The summed E-state index contributed by atoms with van der Waals surface area (Å²) in [6.45, 7) is 13.8. The summed E-state index contributed by atoms with van der Waals surface area (Å²) in [5.74, 6) is 0. The highest BCUT2D eigenvalue weighted by molar-refractivity contribution is 5.89. The third-order valence-corrected chi connectivity index (χ3v) is 12.9. The number of anilines is 6. The predicted molar refractivity (Wildman–Crippen MR) is 256 cm³/mol. The molecule has 2 aliphatic rings. The number of aryl methyl sites for hydroxylation is 2. The minimum atomic E-state index is -0.0957. The quantitative estimate of drug-likeness (QED) is 0.142. The van der Waals surface area contributed by atoms with Crippen molar-refractivity contribution >= 4 is 46.3 Å². The molecule has 0 N–H and O–H groups in total. The Bertz CT molecular complexity index is 2800. The summed E-state index contributed by atoms with van der Waals surface area (Å²) in [6.07, 6.45) is 4.42. The van der Waals surface area contributed by atoms with Crippen molar-refractivity contribution in [1.29, 1.82) is 0 Å². The number of para-hydroxylation sites is 1. The standard InChI is InChI=1S/C58H50N2/c1-39-34-40(2)36-48(35-39)59(43-14-8-7-9-15-43)44-26-22-41(23-27-44)20-21-42-24-28-45(29-25-42)60(46-30-32-51-49-16-10-12-18-53(49)57(3,4)55(51)37-46)47-31-33-52-50-17-11-13-19-54(50)58(5,6)56(52)38-47/h7-38H,1-6H3. The molecule has 2 heteroatoms. The summed E-state index contributed by atoms with van der Waals surface area (Å²) in [6, 6.07) is 67.2. The molecule has 0 saturated heterocycles. The maximum absolute atomic E-state index is 2.44. The van der Waals surface area contributed by atoms with Crippen LogP contribution < -0.4 is 9.80 Å². The highest BCUT2D eigenvalue weighted by Gasteiger charge is 2.37. The molecule has 0 unspecified atom stereocenters. The molecular formula is C58H50N2. The molecule has 0 aliphatic heterocycles. The van der Waals surface area contributed by atoms with E-state index in [2.05, 4.69) is 245 Å². The van der Waals surface area contributed by atoms with Crippen LogP contribution in [0.25, 0.3) is 34.4 Å². The number of rotatable bonds is 8. The molecule has 0 radical (unpaired) electrons. The number of hydrogen-bond donors (Lipinski definition) is 0. The highest BCUT2D eigenvalue weighted by Crippen LogP contribution is 2.53. The Morgan fingerprint density at radius 2 is 0.683 bits per heavy atom. The van der Waals surface area contributed by atoms with E-state index in [9.17, 15) is 0 Å². The van der Waals surface area contributed by atoms with Gasteiger partial charge in [-0.25, -0.2) is 0 Å². The van der Waals surface area contributed by atoms with Gasteiger partial charge in [0.05, 0.1) is 0 Å². The molecule has 60 heavy (non-hydrogen) atoms. The Kier molecular flexibility index (Phi) is 8.99. The topological polar surface area (TPSA) is 6.48 Å². The van der Waals surface area contributed by atoms with Gasteiger partial charge in [0.15, 0.2) is 0 Å². The van der Waals surface area contributed by atoms with E-state index in [-0.39, 0.29) is 10.8 Å². The molecule has 0 atom stereocenters. The summed E-state index contributed by atoms with van der Waals surface area (Å²) in [7, 11) is 0. The van der Waals surface area contributed by atoms with E-state index in [0.29, 0.717) is 0 Å². The highest BCUT2D eigenvalue weighted by atomic mass is 15.1. The Labute approximate surface area is 355 Å². The third kappa shape index (κ3) is 6.35. The molecule has 0 aromatic heterocycles. The Balaban J connectivity index is 0.985. The van der Waals surface area contributed by atoms with Crippen LogP contribution in [0.3, 0.4) is 0 Å². The van der Waals surface area contributed by atoms with Gasteiger partial charge < -0.3 is 9.80 Å². The normalized spacial score (nSPS) is 14.0. The molecule has 292 valence electrons. The number of fused-ring (bicyclic) bond motifs is 6. The molecule has 0 heterocycles. The zero-order chi connectivity index (χ0) is 41.2. The van der Waals surface area contributed by atoms with Gasteiger partial charge >= 0.3 is 0 Å². The van der Waals surface area contributed by atoms with Crippen LogP contribution in [0, 0.1) is 13.8 Å². The summed E-state index contributed by atoms with van der Waals surface area (Å²) < 4.78 is 0. The molecule has 10 rings (SSSR count). The third-order valence-electron chi connectivity index (χ3n) is 12.9. The van der Waals surface area contributed by atoms with Gasteiger partial charge in [0, 0.05) is 45.0 Å². The first-order valence-corrected chi connectivity index (χ1v) is 21.2. The average molecular weight is 775 g/mol. The van der Waals surface area contributed by atoms with Crippen LogP contribution in [0.1, 0.15) is 72.2 Å². The van der Waals surface area contributed by atoms with Gasteiger partial charge in [-0.05, 0) is 153 Å². The lowest BCUT2D eigenvalue weighted by molar-refractivity contribution is 0.660. The molecule has 0 bridgehead atoms. The van der Waals surface area contributed by atoms with E-state index < -0.39 is 0 Å². The largest absolute Gasteiger partial charge is 0.310 e. The minimum absolute atomic E-state index is 0.0957. The van der Waals surface area contributed by atoms with E-state index in [4.69, 9.17) is 0 Å². The first-order chi connectivity index (χ1) is 29.1. The molecule has 0 fully saturated rings. The van der Waals surface area contributed by atoms with Crippen LogP contribution in [0.4, 0.5) is 34.1 Å². The lowest BCUT2D eigenvalue weighted by Gasteiger charge is -2.29. The van der Waals surface area contributed by atoms with Crippen molar-refractivity contribution in [2.75, 3.05) is 9.80 Å². The van der Waals surface area contributed by atoms with Crippen molar-refractivity contribution in [3.05, 3.63) is 226 Å². The Hall–Kier alpha value is -6.90. The van der Waals surface area contributed by atoms with Gasteiger partial charge in [0.2, 0.25) is 0 Å². The number of benzene rings is 8. The van der Waals surface area contributed by atoms with E-state index in [0.717, 1.165) is 39.6 Å². The summed E-state index contributed by atoms with van der Waals surface area (Å²) in [5.41, 5.74) is 22.4. The first-order valence-electron chi connectivity index (χ1n) is 21.2. The molecular weight excluding hydrogens is 725 g/mol. The summed E-state index contributed by atoms with van der Waals surface area (Å²) >= 11 is 0. The molecule has 2 aliphatic carbocycles. The zero-order valence-corrected chi connectivity index (χ0v) is 35.4. The Morgan fingerprint density at radius 1 is 0.317 bits per heavy atom. The van der Waals surface area contributed by atoms with Gasteiger partial charge in [-0.15, -0.1) is 0 Å². The van der Waals surface area contributed by atoms with Gasteiger partial charge in [-0.3, -0.25) is 0 Å². The van der Waals surface area contributed by atoms with Gasteiger partial charge in [-0.1, -0.05) is 149 Å². The lowest BCUT2D eigenvalue weighted by Crippen LogP contribution is -2.18. The van der Waals surface area contributed by atoms with E-state index in [1.54, 1.807) is 0 Å². The fourth-order valence-electron chi connectivity index (χ4n) is 9.88. The molecule has 0 spiro atoms. The SMILES string of the molecule is Cc1cc(C)cc(N(c2ccccc2)c2ccc(C=Cc3ccc(N(c4ccc5c(c4)C(C)(C)c4ccccc4-5)c4ccc5c(c4)C(C)(C)c4ccccc4-5)cc3)cc2)c1. The lowest BCUT2D eigenvalue weighted by atomic mass is 9.82. The van der Waals surface area contributed by atoms with Gasteiger partial charge in [0.1, 0.15) is 0 Å². The van der Waals surface area contributed by atoms with Crippen molar-refractivity contribution in [2.45, 2.75) is 52.4 Å². The first kappa shape index (κ1) is 37.4. The second kappa shape index (κ2) is 14.4. The predicted octanol–water partition coefficient (Wildman–Crippen LogP) is 16.0. The fourth-order valence-corrected chi connectivity index (χ4v) is 9.88. The summed E-state index contributed by atoms with van der Waals surface area (Å²) in [5, 5.41) is 0. The van der Waals surface area contributed by atoms with Crippen molar-refractivity contribution in [1.82, 2.24) is 0 Å². The molecule has 8 aromatic carbocycles. The van der Waals surface area contributed by atoms with Crippen molar-refractivity contribution in [3.63, 3.8) is 0 Å². The average Bonchev–Trinajstić information content (AvgIpc) is 3.63. The maximum atomic E-state index is 2.44. The van der Waals surface area contributed by atoms with Crippen molar-refractivity contribution in [2.24, 2.45) is 0 Å². The van der Waals surface area contributed by atoms with Crippen LogP contribution in [-0.2, 0) is 10.8 Å². The van der Waals surface area contributed by atoms with Crippen molar-refractivity contribution < 1.29 is 0 Å². The smallest absolute Gasteiger partial charge is 0.0466 e. The zero-order valence-electron chi connectivity index (χ0n) is 35.4.